The van der Waals surface area contributed by atoms with Crippen LogP contribution in [0.15, 0.2) is 28.8 Å². The number of carbonyl (C=O) groups is 2. The Hall–Kier alpha value is -2.94. The predicted molar refractivity (Wildman–Crippen MR) is 78.3 cm³/mol. The van der Waals surface area contributed by atoms with Gasteiger partial charge in [-0.15, -0.1) is 0 Å². The lowest BCUT2D eigenvalue weighted by Gasteiger charge is -2.06. The molecule has 0 unspecified atom stereocenters. The number of hydrogen-bond acceptors (Lipinski definition) is 7. The molecule has 0 radical (unpaired) electrons. The average Bonchev–Trinajstić information content (AvgIpc) is 2.90. The summed E-state index contributed by atoms with van der Waals surface area (Å²) in [4.78, 5) is 33.5. The third kappa shape index (κ3) is 4.27. The zero-order valence-corrected chi connectivity index (χ0v) is 12.5. The van der Waals surface area contributed by atoms with Crippen molar-refractivity contribution < 1.29 is 23.8 Å². The number of esters is 1. The van der Waals surface area contributed by atoms with E-state index in [1.807, 2.05) is 0 Å². The molecule has 120 valence electrons. The minimum atomic E-state index is -0.954. The molecule has 1 N–H and O–H groups in total. The number of anilines is 1. The lowest BCUT2D eigenvalue weighted by molar-refractivity contribution is -0.384. The first-order valence-corrected chi connectivity index (χ1v) is 6.59. The molecule has 0 aliphatic rings. The molecule has 0 bridgehead atoms. The summed E-state index contributed by atoms with van der Waals surface area (Å²) in [6, 6.07) is 4.81. The zero-order valence-electron chi connectivity index (χ0n) is 11.7. The summed E-state index contributed by atoms with van der Waals surface area (Å²) in [5.74, 6) is -0.920. The second kappa shape index (κ2) is 6.88. The number of aromatic nitrogens is 1. The first-order chi connectivity index (χ1) is 10.9. The van der Waals surface area contributed by atoms with Crippen molar-refractivity contribution in [3.05, 3.63) is 50.7 Å². The highest BCUT2D eigenvalue weighted by Gasteiger charge is 2.18. The normalized spacial score (nSPS) is 10.2. The van der Waals surface area contributed by atoms with E-state index >= 15 is 0 Å². The third-order valence-electron chi connectivity index (χ3n) is 2.61. The second-order valence-electron chi connectivity index (χ2n) is 4.37. The predicted octanol–water partition coefficient (Wildman–Crippen LogP) is 2.34. The fraction of sp³-hybridized carbons (Fsp3) is 0.154. The van der Waals surface area contributed by atoms with Crippen molar-refractivity contribution in [2.24, 2.45) is 0 Å². The highest BCUT2D eigenvalue weighted by Crippen LogP contribution is 2.22. The van der Waals surface area contributed by atoms with Crippen LogP contribution < -0.4 is 5.32 Å². The van der Waals surface area contributed by atoms with Crippen LogP contribution in [0.2, 0.25) is 5.02 Å². The van der Waals surface area contributed by atoms with Crippen molar-refractivity contribution >= 4 is 35.0 Å². The van der Waals surface area contributed by atoms with Crippen molar-refractivity contribution in [3.8, 4) is 0 Å². The largest absolute Gasteiger partial charge is 0.452 e. The van der Waals surface area contributed by atoms with Crippen molar-refractivity contribution in [3.63, 3.8) is 0 Å². The highest BCUT2D eigenvalue weighted by atomic mass is 35.5. The molecule has 2 aromatic rings. The van der Waals surface area contributed by atoms with Gasteiger partial charge in [0.15, 0.2) is 12.4 Å². The number of hydrogen-bond donors (Lipinski definition) is 1. The quantitative estimate of drug-likeness (QED) is 0.503. The molecule has 1 aromatic heterocycles. The van der Waals surface area contributed by atoms with Gasteiger partial charge in [0.2, 0.25) is 0 Å². The van der Waals surface area contributed by atoms with E-state index in [0.29, 0.717) is 5.76 Å². The van der Waals surface area contributed by atoms with Gasteiger partial charge in [0.1, 0.15) is 5.76 Å². The van der Waals surface area contributed by atoms with Crippen LogP contribution in [-0.2, 0) is 9.53 Å². The monoisotopic (exact) mass is 339 g/mol. The number of amides is 1. The Balaban J connectivity index is 1.98. The Bertz CT molecular complexity index is 773. The SMILES string of the molecule is Cc1cc(NC(=O)COC(=O)c2cc([N+](=O)[O-])ccc2Cl)no1. The Labute approximate surface area is 134 Å². The first-order valence-electron chi connectivity index (χ1n) is 6.21. The third-order valence-corrected chi connectivity index (χ3v) is 2.94. The fourth-order valence-electron chi connectivity index (χ4n) is 1.60. The molecule has 9 nitrogen and oxygen atoms in total. The highest BCUT2D eigenvalue weighted by molar-refractivity contribution is 6.33. The molecule has 0 atom stereocenters. The molecular weight excluding hydrogens is 330 g/mol. The van der Waals surface area contributed by atoms with E-state index in [-0.39, 0.29) is 22.1 Å². The van der Waals surface area contributed by atoms with Gasteiger partial charge in [-0.3, -0.25) is 14.9 Å². The standard InChI is InChI=1S/C13H10ClN3O6/c1-7-4-11(16-23-7)15-12(18)6-22-13(19)9-5-8(17(20)21)2-3-10(9)14/h2-5H,6H2,1H3,(H,15,16,18). The van der Waals surface area contributed by atoms with E-state index < -0.39 is 23.4 Å². The lowest BCUT2D eigenvalue weighted by Crippen LogP contribution is -2.21. The van der Waals surface area contributed by atoms with E-state index in [9.17, 15) is 19.7 Å². The maximum absolute atomic E-state index is 11.9. The Morgan fingerprint density at radius 2 is 2.17 bits per heavy atom. The molecule has 1 aromatic carbocycles. The molecule has 0 saturated carbocycles. The maximum atomic E-state index is 11.9. The zero-order chi connectivity index (χ0) is 17.0. The van der Waals surface area contributed by atoms with Crippen LogP contribution in [0.4, 0.5) is 11.5 Å². The fourth-order valence-corrected chi connectivity index (χ4v) is 1.79. The Morgan fingerprint density at radius 1 is 1.43 bits per heavy atom. The minimum absolute atomic E-state index is 0.0202. The number of halogens is 1. The van der Waals surface area contributed by atoms with Gasteiger partial charge in [0.25, 0.3) is 11.6 Å². The number of nitrogens with one attached hydrogen (secondary N) is 1. The van der Waals surface area contributed by atoms with Crippen molar-refractivity contribution in [2.75, 3.05) is 11.9 Å². The average molecular weight is 340 g/mol. The Kier molecular flexibility index (Phi) is 4.91. The molecule has 0 spiro atoms. The van der Waals surface area contributed by atoms with Gasteiger partial charge in [-0.05, 0) is 13.0 Å². The van der Waals surface area contributed by atoms with Crippen LogP contribution in [0, 0.1) is 17.0 Å². The van der Waals surface area contributed by atoms with Gasteiger partial charge in [-0.2, -0.15) is 0 Å². The molecular formula is C13H10ClN3O6. The molecule has 23 heavy (non-hydrogen) atoms. The van der Waals surface area contributed by atoms with Gasteiger partial charge in [0.05, 0.1) is 15.5 Å². The number of non-ortho nitro benzene ring substituents is 1. The van der Waals surface area contributed by atoms with Crippen LogP contribution in [0.5, 0.6) is 0 Å². The van der Waals surface area contributed by atoms with Crippen LogP contribution in [0.3, 0.4) is 0 Å². The van der Waals surface area contributed by atoms with Gasteiger partial charge < -0.3 is 14.6 Å². The van der Waals surface area contributed by atoms with Crippen molar-refractivity contribution in [1.82, 2.24) is 5.16 Å². The first kappa shape index (κ1) is 16.4. The topological polar surface area (TPSA) is 125 Å². The van der Waals surface area contributed by atoms with Crippen LogP contribution in [0.25, 0.3) is 0 Å². The second-order valence-corrected chi connectivity index (χ2v) is 4.78. The van der Waals surface area contributed by atoms with Gasteiger partial charge in [-0.1, -0.05) is 16.8 Å². The van der Waals surface area contributed by atoms with Gasteiger partial charge >= 0.3 is 5.97 Å². The van der Waals surface area contributed by atoms with E-state index in [2.05, 4.69) is 10.5 Å². The molecule has 10 heteroatoms. The van der Waals surface area contributed by atoms with E-state index in [4.69, 9.17) is 20.9 Å². The Morgan fingerprint density at radius 3 is 2.78 bits per heavy atom. The summed E-state index contributed by atoms with van der Waals surface area (Å²) in [7, 11) is 0. The molecule has 2 rings (SSSR count). The summed E-state index contributed by atoms with van der Waals surface area (Å²) in [6.45, 7) is 1.04. The summed E-state index contributed by atoms with van der Waals surface area (Å²) < 4.78 is 9.53. The van der Waals surface area contributed by atoms with Gasteiger partial charge in [-0.25, -0.2) is 4.79 Å². The van der Waals surface area contributed by atoms with Crippen molar-refractivity contribution in [2.45, 2.75) is 6.92 Å². The maximum Gasteiger partial charge on any atom is 0.340 e. The number of rotatable bonds is 5. The molecule has 0 aliphatic carbocycles. The number of ether oxygens (including phenoxy) is 1. The molecule has 0 fully saturated rings. The van der Waals surface area contributed by atoms with Crippen LogP contribution >= 0.6 is 11.6 Å². The number of carbonyl (C=O) groups excluding carboxylic acids is 2. The smallest absolute Gasteiger partial charge is 0.340 e. The number of nitro groups is 1. The van der Waals surface area contributed by atoms with E-state index in [1.54, 1.807) is 6.92 Å². The summed E-state index contributed by atoms with van der Waals surface area (Å²) in [5, 5.41) is 16.6. The summed E-state index contributed by atoms with van der Waals surface area (Å²) in [6.07, 6.45) is 0. The number of aryl methyl sites for hydroxylation is 1. The lowest BCUT2D eigenvalue weighted by atomic mass is 10.2. The van der Waals surface area contributed by atoms with E-state index in [0.717, 1.165) is 12.1 Å². The summed E-state index contributed by atoms with van der Waals surface area (Å²) in [5.41, 5.74) is -0.519. The molecule has 0 aliphatic heterocycles. The number of nitrogens with zero attached hydrogens (tertiary/aromatic N) is 2. The minimum Gasteiger partial charge on any atom is -0.452 e. The summed E-state index contributed by atoms with van der Waals surface area (Å²) >= 11 is 5.80. The van der Waals surface area contributed by atoms with Crippen LogP contribution in [0.1, 0.15) is 16.1 Å². The number of benzene rings is 1. The molecule has 1 amide bonds. The van der Waals surface area contributed by atoms with Crippen LogP contribution in [-0.4, -0.2) is 28.6 Å². The molecule has 1 heterocycles. The van der Waals surface area contributed by atoms with Crippen molar-refractivity contribution in [1.29, 1.82) is 0 Å². The van der Waals surface area contributed by atoms with Gasteiger partial charge in [0, 0.05) is 18.2 Å². The molecule has 0 saturated heterocycles. The number of nitro benzene ring substituents is 1. The van der Waals surface area contributed by atoms with E-state index in [1.165, 1.54) is 12.1 Å².